The first-order valence-corrected chi connectivity index (χ1v) is 11.1. The Labute approximate surface area is 183 Å². The number of carbonyl (C=O) groups excluding carboxylic acids is 2. The van der Waals surface area contributed by atoms with Gasteiger partial charge < -0.3 is 15.1 Å². The van der Waals surface area contributed by atoms with Crippen LogP contribution in [-0.2, 0) is 9.59 Å². The standard InChI is InChI=1S/C24H21N3O3S/c1-14-21(24(29)27-20-6-2-3-8-25-20)22(15-7-10-31-13-15)23-17(26-14)11-16(12-18(23)28)19-5-4-9-30-19/h2-10,13,16,22,26H,11-12H2,1H3,(H,25,27,29)/t16-,22+/m1/s1. The molecule has 0 fully saturated rings. The third-order valence-electron chi connectivity index (χ3n) is 5.80. The Bertz CT molecular complexity index is 1180. The summed E-state index contributed by atoms with van der Waals surface area (Å²) in [4.78, 5) is 30.9. The number of allylic oxidation sites excluding steroid dienone is 3. The molecule has 0 saturated heterocycles. The van der Waals surface area contributed by atoms with Crippen molar-refractivity contribution < 1.29 is 14.0 Å². The molecule has 156 valence electrons. The molecule has 0 unspecified atom stereocenters. The minimum atomic E-state index is -0.406. The normalized spacial score (nSPS) is 21.0. The SMILES string of the molecule is CC1=C(C(=O)Nc2ccccn2)[C@H](c2ccsc2)C2=C(C[C@@H](c3ccco3)CC2=O)N1. The molecule has 31 heavy (non-hydrogen) atoms. The maximum atomic E-state index is 13.4. The summed E-state index contributed by atoms with van der Waals surface area (Å²) in [6.07, 6.45) is 4.30. The lowest BCUT2D eigenvalue weighted by molar-refractivity contribution is -0.116. The Balaban J connectivity index is 1.54. The number of aromatic nitrogens is 1. The number of rotatable bonds is 4. The average molecular weight is 432 g/mol. The highest BCUT2D eigenvalue weighted by atomic mass is 32.1. The van der Waals surface area contributed by atoms with E-state index in [1.165, 1.54) is 0 Å². The molecular weight excluding hydrogens is 410 g/mol. The summed E-state index contributed by atoms with van der Waals surface area (Å²) in [5.74, 6) is 0.665. The number of hydrogen-bond donors (Lipinski definition) is 2. The summed E-state index contributed by atoms with van der Waals surface area (Å²) in [7, 11) is 0. The van der Waals surface area contributed by atoms with Crippen LogP contribution in [-0.4, -0.2) is 16.7 Å². The minimum absolute atomic E-state index is 0.00595. The van der Waals surface area contributed by atoms with Crippen molar-refractivity contribution in [2.24, 2.45) is 0 Å². The van der Waals surface area contributed by atoms with Crippen LogP contribution in [0, 0.1) is 0 Å². The Morgan fingerprint density at radius 2 is 2.13 bits per heavy atom. The third-order valence-corrected chi connectivity index (χ3v) is 6.50. The van der Waals surface area contributed by atoms with Gasteiger partial charge in [-0.05, 0) is 60.0 Å². The summed E-state index contributed by atoms with van der Waals surface area (Å²) < 4.78 is 5.57. The third kappa shape index (κ3) is 3.61. The number of Topliss-reactive ketones (excluding diaryl/α,β-unsaturated/α-hetero) is 1. The van der Waals surface area contributed by atoms with Crippen molar-refractivity contribution >= 4 is 28.8 Å². The highest BCUT2D eigenvalue weighted by Crippen LogP contribution is 2.46. The predicted octanol–water partition coefficient (Wildman–Crippen LogP) is 4.74. The number of nitrogens with zero attached hydrogens (tertiary/aromatic N) is 1. The lowest BCUT2D eigenvalue weighted by Gasteiger charge is -2.36. The molecule has 7 heteroatoms. The zero-order chi connectivity index (χ0) is 21.4. The fourth-order valence-corrected chi connectivity index (χ4v) is 5.14. The Hall–Kier alpha value is -3.45. The van der Waals surface area contributed by atoms with Gasteiger partial charge in [0, 0.05) is 47.0 Å². The van der Waals surface area contributed by atoms with Crippen LogP contribution >= 0.6 is 11.3 Å². The monoisotopic (exact) mass is 431 g/mol. The van der Waals surface area contributed by atoms with Crippen LogP contribution in [0.25, 0.3) is 0 Å². The first-order valence-electron chi connectivity index (χ1n) is 10.1. The zero-order valence-electron chi connectivity index (χ0n) is 16.9. The molecule has 4 heterocycles. The van der Waals surface area contributed by atoms with Crippen LogP contribution in [0.5, 0.6) is 0 Å². The molecule has 0 saturated carbocycles. The van der Waals surface area contributed by atoms with Gasteiger partial charge >= 0.3 is 0 Å². The Morgan fingerprint density at radius 3 is 2.84 bits per heavy atom. The molecule has 3 aromatic rings. The zero-order valence-corrected chi connectivity index (χ0v) is 17.7. The van der Waals surface area contributed by atoms with Gasteiger partial charge in [0.05, 0.1) is 6.26 Å². The van der Waals surface area contributed by atoms with E-state index in [1.807, 2.05) is 41.9 Å². The van der Waals surface area contributed by atoms with E-state index in [1.54, 1.807) is 35.9 Å². The van der Waals surface area contributed by atoms with Gasteiger partial charge in [-0.1, -0.05) is 6.07 Å². The second-order valence-electron chi connectivity index (χ2n) is 7.76. The Kier molecular flexibility index (Phi) is 5.03. The molecule has 1 aliphatic carbocycles. The van der Waals surface area contributed by atoms with Gasteiger partial charge in [0.2, 0.25) is 0 Å². The van der Waals surface area contributed by atoms with Crippen LogP contribution in [0.4, 0.5) is 5.82 Å². The van der Waals surface area contributed by atoms with Crippen molar-refractivity contribution in [3.8, 4) is 0 Å². The maximum Gasteiger partial charge on any atom is 0.255 e. The molecule has 2 aliphatic rings. The van der Waals surface area contributed by atoms with Gasteiger partial charge in [-0.25, -0.2) is 4.98 Å². The van der Waals surface area contributed by atoms with Crippen LogP contribution < -0.4 is 10.6 Å². The number of thiophene rings is 1. The quantitative estimate of drug-likeness (QED) is 0.624. The van der Waals surface area contributed by atoms with Crippen molar-refractivity contribution in [3.05, 3.63) is 93.5 Å². The topological polar surface area (TPSA) is 84.2 Å². The fourth-order valence-electron chi connectivity index (χ4n) is 4.46. The highest BCUT2D eigenvalue weighted by Gasteiger charge is 2.41. The van der Waals surface area contributed by atoms with Crippen molar-refractivity contribution in [3.63, 3.8) is 0 Å². The molecule has 1 aliphatic heterocycles. The molecular formula is C24H21N3O3S. The van der Waals surface area contributed by atoms with E-state index < -0.39 is 5.92 Å². The second-order valence-corrected chi connectivity index (χ2v) is 8.54. The summed E-state index contributed by atoms with van der Waals surface area (Å²) in [6.45, 7) is 1.89. The second kappa shape index (κ2) is 8.00. The molecule has 2 N–H and O–H groups in total. The summed E-state index contributed by atoms with van der Waals surface area (Å²) in [5, 5.41) is 10.2. The van der Waals surface area contributed by atoms with Gasteiger partial charge in [-0.3, -0.25) is 9.59 Å². The van der Waals surface area contributed by atoms with Crippen molar-refractivity contribution in [1.82, 2.24) is 10.3 Å². The molecule has 5 rings (SSSR count). The fraction of sp³-hybridized carbons (Fsp3) is 0.208. The number of amides is 1. The largest absolute Gasteiger partial charge is 0.469 e. The van der Waals surface area contributed by atoms with E-state index >= 15 is 0 Å². The molecule has 6 nitrogen and oxygen atoms in total. The van der Waals surface area contributed by atoms with Crippen LogP contribution in [0.2, 0.25) is 0 Å². The van der Waals surface area contributed by atoms with Gasteiger partial charge in [0.15, 0.2) is 5.78 Å². The molecule has 0 radical (unpaired) electrons. The van der Waals surface area contributed by atoms with Crippen LogP contribution in [0.3, 0.4) is 0 Å². The summed E-state index contributed by atoms with van der Waals surface area (Å²) in [6, 6.07) is 11.1. The maximum absolute atomic E-state index is 13.4. The lowest BCUT2D eigenvalue weighted by atomic mass is 9.73. The van der Waals surface area contributed by atoms with Crippen molar-refractivity contribution in [1.29, 1.82) is 0 Å². The minimum Gasteiger partial charge on any atom is -0.469 e. The number of ketones is 1. The van der Waals surface area contributed by atoms with E-state index in [4.69, 9.17) is 4.42 Å². The number of furan rings is 1. The van der Waals surface area contributed by atoms with Crippen LogP contribution in [0.15, 0.2) is 86.6 Å². The Morgan fingerprint density at radius 1 is 1.23 bits per heavy atom. The smallest absolute Gasteiger partial charge is 0.255 e. The summed E-state index contributed by atoms with van der Waals surface area (Å²) in [5.41, 5.74) is 3.80. The van der Waals surface area contributed by atoms with E-state index in [9.17, 15) is 9.59 Å². The molecule has 0 spiro atoms. The predicted molar refractivity (Wildman–Crippen MR) is 118 cm³/mol. The average Bonchev–Trinajstić information content (AvgIpc) is 3.47. The number of anilines is 1. The summed E-state index contributed by atoms with van der Waals surface area (Å²) >= 11 is 1.56. The first-order chi connectivity index (χ1) is 15.1. The van der Waals surface area contributed by atoms with E-state index in [0.717, 1.165) is 22.7 Å². The van der Waals surface area contributed by atoms with Crippen LogP contribution in [0.1, 0.15) is 42.9 Å². The van der Waals surface area contributed by atoms with Gasteiger partial charge in [-0.2, -0.15) is 11.3 Å². The lowest BCUT2D eigenvalue weighted by Crippen LogP contribution is -2.37. The van der Waals surface area contributed by atoms with E-state index in [-0.39, 0.29) is 17.6 Å². The van der Waals surface area contributed by atoms with E-state index in [0.29, 0.717) is 29.8 Å². The highest BCUT2D eigenvalue weighted by molar-refractivity contribution is 7.08. The van der Waals surface area contributed by atoms with Crippen molar-refractivity contribution in [2.45, 2.75) is 31.6 Å². The van der Waals surface area contributed by atoms with Gasteiger partial charge in [-0.15, -0.1) is 0 Å². The molecule has 3 aromatic heterocycles. The number of pyridine rings is 1. The number of nitrogens with one attached hydrogen (secondary N) is 2. The number of dihydropyridines is 1. The molecule has 2 atom stereocenters. The van der Waals surface area contributed by atoms with Crippen molar-refractivity contribution in [2.75, 3.05) is 5.32 Å². The molecule has 0 bridgehead atoms. The number of hydrogen-bond acceptors (Lipinski definition) is 6. The van der Waals surface area contributed by atoms with Gasteiger partial charge in [0.25, 0.3) is 5.91 Å². The molecule has 0 aromatic carbocycles. The molecule has 1 amide bonds. The number of carbonyl (C=O) groups is 2. The van der Waals surface area contributed by atoms with E-state index in [2.05, 4.69) is 15.6 Å². The van der Waals surface area contributed by atoms with Gasteiger partial charge in [0.1, 0.15) is 11.6 Å². The first kappa shape index (κ1) is 19.5.